The lowest BCUT2D eigenvalue weighted by atomic mass is 10.0. The van der Waals surface area contributed by atoms with Gasteiger partial charge in [-0.1, -0.05) is 13.8 Å². The zero-order chi connectivity index (χ0) is 13.5. The minimum absolute atomic E-state index is 0.0458. The summed E-state index contributed by atoms with van der Waals surface area (Å²) in [5.74, 6) is 0.164. The molecule has 2 atom stereocenters. The van der Waals surface area contributed by atoms with Crippen LogP contribution in [-0.2, 0) is 4.79 Å². The molecule has 106 valence electrons. The molecule has 18 heavy (non-hydrogen) atoms. The molecule has 4 heteroatoms. The van der Waals surface area contributed by atoms with Crippen LogP contribution in [-0.4, -0.2) is 49.1 Å². The molecule has 1 fully saturated rings. The molecule has 0 radical (unpaired) electrons. The average Bonchev–Trinajstić information content (AvgIpc) is 2.43. The molecule has 1 aliphatic rings. The van der Waals surface area contributed by atoms with Crippen LogP contribution in [0.15, 0.2) is 0 Å². The summed E-state index contributed by atoms with van der Waals surface area (Å²) in [6.07, 6.45) is 4.40. The Kier molecular flexibility index (Phi) is 6.65. The van der Waals surface area contributed by atoms with Gasteiger partial charge in [0.15, 0.2) is 0 Å². The van der Waals surface area contributed by atoms with Crippen LogP contribution in [0.2, 0.25) is 0 Å². The lowest BCUT2D eigenvalue weighted by Gasteiger charge is -2.35. The van der Waals surface area contributed by atoms with Gasteiger partial charge in [-0.15, -0.1) is 0 Å². The summed E-state index contributed by atoms with van der Waals surface area (Å²) < 4.78 is 0. The highest BCUT2D eigenvalue weighted by atomic mass is 16.2. The Hall–Kier alpha value is -0.610. The first-order valence-corrected chi connectivity index (χ1v) is 7.33. The maximum Gasteiger partial charge on any atom is 0.237 e. The van der Waals surface area contributed by atoms with Crippen molar-refractivity contribution in [3.05, 3.63) is 0 Å². The highest BCUT2D eigenvalue weighted by Crippen LogP contribution is 2.12. The molecule has 1 heterocycles. The van der Waals surface area contributed by atoms with Crippen LogP contribution in [0.3, 0.4) is 0 Å². The summed E-state index contributed by atoms with van der Waals surface area (Å²) >= 11 is 0. The molecule has 1 saturated heterocycles. The van der Waals surface area contributed by atoms with E-state index in [-0.39, 0.29) is 11.9 Å². The van der Waals surface area contributed by atoms with Crippen molar-refractivity contribution in [2.75, 3.05) is 20.1 Å². The van der Waals surface area contributed by atoms with Crippen LogP contribution in [0, 0.1) is 0 Å². The lowest BCUT2D eigenvalue weighted by molar-refractivity contribution is -0.127. The van der Waals surface area contributed by atoms with Crippen molar-refractivity contribution in [1.29, 1.82) is 0 Å². The summed E-state index contributed by atoms with van der Waals surface area (Å²) in [6, 6.07) is 0.759. The van der Waals surface area contributed by atoms with E-state index in [0.29, 0.717) is 12.1 Å². The van der Waals surface area contributed by atoms with E-state index in [1.54, 1.807) is 0 Å². The first-order valence-electron chi connectivity index (χ1n) is 7.33. The molecular weight excluding hydrogens is 226 g/mol. The van der Waals surface area contributed by atoms with E-state index in [4.69, 9.17) is 0 Å². The van der Waals surface area contributed by atoms with E-state index < -0.39 is 0 Å². The number of nitrogens with zero attached hydrogens (tertiary/aromatic N) is 1. The monoisotopic (exact) mass is 255 g/mol. The first kappa shape index (κ1) is 15.4. The zero-order valence-electron chi connectivity index (χ0n) is 12.3. The Morgan fingerprint density at radius 2 is 2.11 bits per heavy atom. The van der Waals surface area contributed by atoms with Crippen molar-refractivity contribution >= 4 is 5.91 Å². The minimum Gasteiger partial charge on any atom is -0.352 e. The van der Waals surface area contributed by atoms with Crippen LogP contribution in [0.5, 0.6) is 0 Å². The van der Waals surface area contributed by atoms with Gasteiger partial charge in [0.2, 0.25) is 5.91 Å². The number of hydrogen-bond acceptors (Lipinski definition) is 3. The summed E-state index contributed by atoms with van der Waals surface area (Å²) in [5.41, 5.74) is 0. The largest absolute Gasteiger partial charge is 0.352 e. The maximum atomic E-state index is 12.2. The maximum absolute atomic E-state index is 12.2. The quantitative estimate of drug-likeness (QED) is 0.753. The second kappa shape index (κ2) is 7.74. The van der Waals surface area contributed by atoms with Crippen molar-refractivity contribution < 1.29 is 4.79 Å². The predicted molar refractivity (Wildman–Crippen MR) is 75.6 cm³/mol. The molecule has 0 aromatic heterocycles. The minimum atomic E-state index is -0.0458. The molecule has 4 nitrogen and oxygen atoms in total. The van der Waals surface area contributed by atoms with E-state index in [9.17, 15) is 4.79 Å². The number of carbonyl (C=O) groups is 1. The third-order valence-electron chi connectivity index (χ3n) is 4.17. The Morgan fingerprint density at radius 1 is 1.44 bits per heavy atom. The number of amides is 1. The number of likely N-dealkylation sites (N-methyl/N-ethyl adjacent to an activating group) is 1. The molecule has 0 saturated carbocycles. The van der Waals surface area contributed by atoms with E-state index in [2.05, 4.69) is 36.4 Å². The van der Waals surface area contributed by atoms with E-state index >= 15 is 0 Å². The van der Waals surface area contributed by atoms with E-state index in [1.807, 2.05) is 6.92 Å². The molecule has 1 amide bonds. The van der Waals surface area contributed by atoms with Crippen molar-refractivity contribution in [2.45, 2.75) is 64.6 Å². The molecule has 2 unspecified atom stereocenters. The molecule has 0 aliphatic carbocycles. The number of nitrogens with one attached hydrogen (secondary N) is 2. The van der Waals surface area contributed by atoms with Crippen molar-refractivity contribution in [3.63, 3.8) is 0 Å². The van der Waals surface area contributed by atoms with Crippen molar-refractivity contribution in [2.24, 2.45) is 0 Å². The summed E-state index contributed by atoms with van der Waals surface area (Å²) in [6.45, 7) is 8.35. The van der Waals surface area contributed by atoms with Gasteiger partial charge in [-0.25, -0.2) is 0 Å². The Bertz CT molecular complexity index is 247. The molecule has 1 rings (SSSR count). The second-order valence-electron chi connectivity index (χ2n) is 5.36. The summed E-state index contributed by atoms with van der Waals surface area (Å²) in [5, 5.41) is 6.53. The molecule has 2 N–H and O–H groups in total. The molecule has 0 aromatic rings. The lowest BCUT2D eigenvalue weighted by Crippen LogP contribution is -2.53. The fraction of sp³-hybridized carbons (Fsp3) is 0.929. The van der Waals surface area contributed by atoms with E-state index in [0.717, 1.165) is 25.9 Å². The van der Waals surface area contributed by atoms with Crippen molar-refractivity contribution in [1.82, 2.24) is 15.5 Å². The van der Waals surface area contributed by atoms with Gasteiger partial charge in [0.25, 0.3) is 0 Å². The number of hydrogen-bond donors (Lipinski definition) is 2. The Balaban J connectivity index is 2.45. The van der Waals surface area contributed by atoms with Gasteiger partial charge in [-0.2, -0.15) is 0 Å². The fourth-order valence-corrected chi connectivity index (χ4v) is 2.50. The van der Waals surface area contributed by atoms with Crippen LogP contribution in [0.4, 0.5) is 0 Å². The number of carbonyl (C=O) groups excluding carboxylic acids is 1. The predicted octanol–water partition coefficient (Wildman–Crippen LogP) is 1.36. The second-order valence-corrected chi connectivity index (χ2v) is 5.36. The van der Waals surface area contributed by atoms with Gasteiger partial charge in [0.05, 0.1) is 6.04 Å². The van der Waals surface area contributed by atoms with Gasteiger partial charge in [0, 0.05) is 18.6 Å². The van der Waals surface area contributed by atoms with Crippen LogP contribution >= 0.6 is 0 Å². The van der Waals surface area contributed by atoms with Gasteiger partial charge >= 0.3 is 0 Å². The molecule has 1 aliphatic heterocycles. The zero-order valence-corrected chi connectivity index (χ0v) is 12.3. The molecule has 0 aromatic carbocycles. The molecular formula is C14H29N3O. The Labute approximate surface area is 111 Å². The third kappa shape index (κ3) is 4.25. The summed E-state index contributed by atoms with van der Waals surface area (Å²) in [4.78, 5) is 14.4. The van der Waals surface area contributed by atoms with E-state index in [1.165, 1.54) is 12.8 Å². The van der Waals surface area contributed by atoms with Gasteiger partial charge in [-0.3, -0.25) is 9.69 Å². The van der Waals surface area contributed by atoms with Crippen molar-refractivity contribution in [3.8, 4) is 0 Å². The standard InChI is InChI=1S/C14H29N3O/c1-5-12(6-2)16-14(18)11(3)17(4)13-8-7-9-15-10-13/h11-13,15H,5-10H2,1-4H3,(H,16,18). The van der Waals surface area contributed by atoms with Crippen LogP contribution in [0.1, 0.15) is 46.5 Å². The van der Waals surface area contributed by atoms with Crippen LogP contribution in [0.25, 0.3) is 0 Å². The van der Waals surface area contributed by atoms with Crippen LogP contribution < -0.4 is 10.6 Å². The number of rotatable bonds is 6. The third-order valence-corrected chi connectivity index (χ3v) is 4.17. The first-order chi connectivity index (χ1) is 8.60. The highest BCUT2D eigenvalue weighted by Gasteiger charge is 2.26. The SMILES string of the molecule is CCC(CC)NC(=O)C(C)N(C)C1CCCNC1. The van der Waals surface area contributed by atoms with Gasteiger partial charge in [-0.05, 0) is 46.2 Å². The normalized spacial score (nSPS) is 22.2. The average molecular weight is 255 g/mol. The van der Waals surface area contributed by atoms with Gasteiger partial charge < -0.3 is 10.6 Å². The van der Waals surface area contributed by atoms with Gasteiger partial charge in [0.1, 0.15) is 0 Å². The fourth-order valence-electron chi connectivity index (χ4n) is 2.50. The molecule has 0 spiro atoms. The highest BCUT2D eigenvalue weighted by molar-refractivity contribution is 5.81. The molecule has 0 bridgehead atoms. The topological polar surface area (TPSA) is 44.4 Å². The smallest absolute Gasteiger partial charge is 0.237 e. The number of piperidine rings is 1. The summed E-state index contributed by atoms with van der Waals surface area (Å²) in [7, 11) is 2.06. The Morgan fingerprint density at radius 3 is 2.61 bits per heavy atom.